The van der Waals surface area contributed by atoms with Crippen molar-refractivity contribution in [3.8, 4) is 5.75 Å². The number of ether oxygens (including phenoxy) is 1. The molecule has 2 rings (SSSR count). The number of benzene rings is 1. The van der Waals surface area contributed by atoms with Gasteiger partial charge in [-0.15, -0.1) is 0 Å². The summed E-state index contributed by atoms with van der Waals surface area (Å²) >= 11 is 0. The highest BCUT2D eigenvalue weighted by molar-refractivity contribution is 5.65. The summed E-state index contributed by atoms with van der Waals surface area (Å²) in [6.07, 6.45) is 1.05. The van der Waals surface area contributed by atoms with E-state index in [9.17, 15) is 0 Å². The second-order valence-electron chi connectivity index (χ2n) is 4.15. The van der Waals surface area contributed by atoms with Crippen molar-refractivity contribution < 1.29 is 4.74 Å². The zero-order valence-electron chi connectivity index (χ0n) is 9.58. The van der Waals surface area contributed by atoms with Gasteiger partial charge < -0.3 is 15.4 Å². The fraction of sp³-hybridized carbons (Fsp3) is 0.500. The summed E-state index contributed by atoms with van der Waals surface area (Å²) < 4.78 is 5.49. The molecule has 0 saturated carbocycles. The lowest BCUT2D eigenvalue weighted by molar-refractivity contribution is 0.403. The fourth-order valence-corrected chi connectivity index (χ4v) is 2.23. The van der Waals surface area contributed by atoms with Crippen LogP contribution in [0.4, 0.5) is 5.69 Å². The molecule has 1 aliphatic rings. The van der Waals surface area contributed by atoms with Crippen LogP contribution in [0.2, 0.25) is 0 Å². The molecule has 0 aliphatic carbocycles. The highest BCUT2D eigenvalue weighted by Gasteiger charge is 2.22. The Bertz CT molecular complexity index is 374. The summed E-state index contributed by atoms with van der Waals surface area (Å²) in [5, 5.41) is 0. The molecule has 0 fully saturated rings. The molecule has 1 unspecified atom stereocenters. The van der Waals surface area contributed by atoms with Gasteiger partial charge in [0.2, 0.25) is 0 Å². The molecule has 82 valence electrons. The molecule has 1 atom stereocenters. The molecule has 1 aromatic rings. The first-order valence-electron chi connectivity index (χ1n) is 5.31. The first-order chi connectivity index (χ1) is 7.15. The molecule has 2 N–H and O–H groups in total. The molecule has 3 heteroatoms. The van der Waals surface area contributed by atoms with E-state index in [0.717, 1.165) is 24.3 Å². The molecule has 3 nitrogen and oxygen atoms in total. The van der Waals surface area contributed by atoms with Crippen molar-refractivity contribution in [3.63, 3.8) is 0 Å². The summed E-state index contributed by atoms with van der Waals surface area (Å²) in [5.74, 6) is 0.979. The van der Waals surface area contributed by atoms with Crippen molar-refractivity contribution in [2.24, 2.45) is 5.73 Å². The molecule has 0 amide bonds. The first kappa shape index (κ1) is 10.3. The van der Waals surface area contributed by atoms with Crippen molar-refractivity contribution in [1.82, 2.24) is 0 Å². The average Bonchev–Trinajstić information content (AvgIpc) is 2.59. The average molecular weight is 206 g/mol. The number of anilines is 1. The molecular weight excluding hydrogens is 188 g/mol. The van der Waals surface area contributed by atoms with Gasteiger partial charge in [-0.3, -0.25) is 0 Å². The zero-order chi connectivity index (χ0) is 11.0. The van der Waals surface area contributed by atoms with Crippen LogP contribution < -0.4 is 15.4 Å². The Morgan fingerprint density at radius 2 is 2.20 bits per heavy atom. The van der Waals surface area contributed by atoms with E-state index < -0.39 is 0 Å². The third kappa shape index (κ3) is 1.57. The van der Waals surface area contributed by atoms with Crippen LogP contribution in [0.15, 0.2) is 12.1 Å². The monoisotopic (exact) mass is 206 g/mol. The Balaban J connectivity index is 2.55. The molecule has 0 bridgehead atoms. The molecule has 0 radical (unpaired) electrons. The van der Waals surface area contributed by atoms with E-state index in [4.69, 9.17) is 10.5 Å². The van der Waals surface area contributed by atoms with Gasteiger partial charge in [0.25, 0.3) is 0 Å². The van der Waals surface area contributed by atoms with Gasteiger partial charge in [-0.1, -0.05) is 6.07 Å². The summed E-state index contributed by atoms with van der Waals surface area (Å²) in [5.41, 5.74) is 9.60. The quantitative estimate of drug-likeness (QED) is 0.800. The number of likely N-dealkylation sites (N-methyl/N-ethyl adjacent to an activating group) is 1. The summed E-state index contributed by atoms with van der Waals surface area (Å²) in [6.45, 7) is 3.05. The Hall–Kier alpha value is -1.22. The molecule has 1 aromatic carbocycles. The number of nitrogens with two attached hydrogens (primary N) is 1. The molecule has 15 heavy (non-hydrogen) atoms. The Morgan fingerprint density at radius 1 is 1.47 bits per heavy atom. The highest BCUT2D eigenvalue weighted by Crippen LogP contribution is 2.38. The van der Waals surface area contributed by atoms with Crippen LogP contribution >= 0.6 is 0 Å². The topological polar surface area (TPSA) is 38.5 Å². The third-order valence-corrected chi connectivity index (χ3v) is 3.07. The number of hydrogen-bond donors (Lipinski definition) is 1. The number of nitrogens with zero attached hydrogens (tertiary/aromatic N) is 1. The molecule has 1 aliphatic heterocycles. The second kappa shape index (κ2) is 3.74. The normalized spacial score (nSPS) is 16.4. The van der Waals surface area contributed by atoms with Gasteiger partial charge in [0.1, 0.15) is 5.75 Å². The number of hydrogen-bond acceptors (Lipinski definition) is 3. The first-order valence-corrected chi connectivity index (χ1v) is 5.31. The maximum absolute atomic E-state index is 5.93. The van der Waals surface area contributed by atoms with Gasteiger partial charge in [-0.2, -0.15) is 0 Å². The summed E-state index contributed by atoms with van der Waals surface area (Å²) in [6, 6.07) is 4.24. The van der Waals surface area contributed by atoms with Crippen LogP contribution in [0.5, 0.6) is 5.75 Å². The van der Waals surface area contributed by atoms with Crippen molar-refractivity contribution >= 4 is 5.69 Å². The number of rotatable bonds is 2. The summed E-state index contributed by atoms with van der Waals surface area (Å²) in [7, 11) is 3.83. The fourth-order valence-electron chi connectivity index (χ4n) is 2.23. The Morgan fingerprint density at radius 3 is 2.80 bits per heavy atom. The van der Waals surface area contributed by atoms with E-state index in [-0.39, 0.29) is 6.04 Å². The summed E-state index contributed by atoms with van der Waals surface area (Å²) in [4.78, 5) is 2.25. The highest BCUT2D eigenvalue weighted by atomic mass is 16.5. The van der Waals surface area contributed by atoms with Crippen LogP contribution in [0.3, 0.4) is 0 Å². The molecule has 0 saturated heterocycles. The van der Waals surface area contributed by atoms with Gasteiger partial charge in [0.05, 0.1) is 7.11 Å². The minimum absolute atomic E-state index is 0.0242. The van der Waals surface area contributed by atoms with Crippen LogP contribution in [0.1, 0.15) is 24.1 Å². The van der Waals surface area contributed by atoms with Crippen LogP contribution in [0, 0.1) is 0 Å². The second-order valence-corrected chi connectivity index (χ2v) is 4.15. The zero-order valence-corrected chi connectivity index (χ0v) is 9.58. The van der Waals surface area contributed by atoms with Gasteiger partial charge in [0.15, 0.2) is 0 Å². The smallest absolute Gasteiger partial charge is 0.128 e. The minimum atomic E-state index is 0.0242. The van der Waals surface area contributed by atoms with Crippen molar-refractivity contribution in [3.05, 3.63) is 23.3 Å². The van der Waals surface area contributed by atoms with E-state index in [2.05, 4.69) is 24.1 Å². The van der Waals surface area contributed by atoms with Crippen LogP contribution in [-0.2, 0) is 6.42 Å². The van der Waals surface area contributed by atoms with E-state index in [1.165, 1.54) is 11.3 Å². The molecule has 0 aromatic heterocycles. The number of methoxy groups -OCH3 is 1. The lowest BCUT2D eigenvalue weighted by Crippen LogP contribution is -2.12. The predicted molar refractivity (Wildman–Crippen MR) is 62.6 cm³/mol. The largest absolute Gasteiger partial charge is 0.496 e. The van der Waals surface area contributed by atoms with E-state index in [1.807, 2.05) is 6.92 Å². The van der Waals surface area contributed by atoms with Crippen LogP contribution in [0.25, 0.3) is 0 Å². The minimum Gasteiger partial charge on any atom is -0.496 e. The van der Waals surface area contributed by atoms with Gasteiger partial charge in [-0.25, -0.2) is 0 Å². The lowest BCUT2D eigenvalue weighted by Gasteiger charge is -2.17. The van der Waals surface area contributed by atoms with E-state index in [0.29, 0.717) is 0 Å². The van der Waals surface area contributed by atoms with Crippen molar-refractivity contribution in [1.29, 1.82) is 0 Å². The van der Waals surface area contributed by atoms with E-state index in [1.54, 1.807) is 7.11 Å². The van der Waals surface area contributed by atoms with Gasteiger partial charge in [0, 0.05) is 36.4 Å². The predicted octanol–water partition coefficient (Wildman–Crippen LogP) is 1.71. The molecular formula is C12H18N2O. The van der Waals surface area contributed by atoms with Crippen LogP contribution in [-0.4, -0.2) is 20.7 Å². The maximum atomic E-state index is 5.93. The SMILES string of the molecule is COc1c(C(C)N)ccc2c1CCN2C. The third-order valence-electron chi connectivity index (χ3n) is 3.07. The van der Waals surface area contributed by atoms with Gasteiger partial charge >= 0.3 is 0 Å². The Kier molecular flexibility index (Phi) is 2.57. The molecule has 1 heterocycles. The lowest BCUT2D eigenvalue weighted by atomic mass is 10.0. The van der Waals surface area contributed by atoms with E-state index >= 15 is 0 Å². The van der Waals surface area contributed by atoms with Crippen molar-refractivity contribution in [2.75, 3.05) is 25.6 Å². The standard InChI is InChI=1S/C12H18N2O/c1-8(13)9-4-5-11-10(12(9)15-3)6-7-14(11)2/h4-5,8H,6-7,13H2,1-3H3. The molecule has 0 spiro atoms. The number of fused-ring (bicyclic) bond motifs is 1. The van der Waals surface area contributed by atoms with Crippen molar-refractivity contribution in [2.45, 2.75) is 19.4 Å². The Labute approximate surface area is 90.8 Å². The van der Waals surface area contributed by atoms with Gasteiger partial charge in [-0.05, 0) is 19.4 Å². The maximum Gasteiger partial charge on any atom is 0.128 e.